The molecule has 0 spiro atoms. The fourth-order valence-corrected chi connectivity index (χ4v) is 4.62. The van der Waals surface area contributed by atoms with Crippen LogP contribution in [-0.4, -0.2) is 64.0 Å². The minimum Gasteiger partial charge on any atom is -0.396 e. The molecule has 2 saturated heterocycles. The van der Waals surface area contributed by atoms with E-state index in [1.807, 2.05) is 62.4 Å². The highest BCUT2D eigenvalue weighted by molar-refractivity contribution is 5.99. The molecule has 3 aromatic rings. The number of amides is 2. The van der Waals surface area contributed by atoms with E-state index in [-0.39, 0.29) is 30.9 Å². The standard InChI is InChI=1S/C27H33N7O3/c1-17(2)28-25-31-24(32-26(33-25)34-15-22-11-12-23(16-34)37-22)19-5-9-21(10-6-19)30-27(36)29-20-7-3-18(4-8-20)13-14-35/h3-10,17,22-23,35H,11-16H2,1-2H3,(H2,29,30,36)(H,28,31,32,33). The third kappa shape index (κ3) is 6.33. The Morgan fingerprint density at radius 1 is 0.973 bits per heavy atom. The van der Waals surface area contributed by atoms with Crippen molar-refractivity contribution in [3.05, 3.63) is 54.1 Å². The van der Waals surface area contributed by atoms with Gasteiger partial charge in [-0.25, -0.2) is 4.79 Å². The molecule has 10 nitrogen and oxygen atoms in total. The molecule has 2 aliphatic rings. The number of hydrogen-bond acceptors (Lipinski definition) is 8. The molecule has 1 aromatic heterocycles. The normalized spacial score (nSPS) is 18.6. The summed E-state index contributed by atoms with van der Waals surface area (Å²) in [6.07, 6.45) is 3.20. The van der Waals surface area contributed by atoms with Crippen molar-refractivity contribution in [2.24, 2.45) is 0 Å². The Morgan fingerprint density at radius 3 is 2.19 bits per heavy atom. The number of hydrogen-bond donors (Lipinski definition) is 4. The number of benzene rings is 2. The summed E-state index contributed by atoms with van der Waals surface area (Å²) >= 11 is 0. The number of ether oxygens (including phenoxy) is 1. The van der Waals surface area contributed by atoms with Crippen molar-refractivity contribution in [3.63, 3.8) is 0 Å². The molecule has 0 aliphatic carbocycles. The second-order valence-corrected chi connectivity index (χ2v) is 9.77. The molecular formula is C27H33N7O3. The van der Waals surface area contributed by atoms with Crippen LogP contribution in [0.3, 0.4) is 0 Å². The first-order valence-electron chi connectivity index (χ1n) is 12.8. The smallest absolute Gasteiger partial charge is 0.323 e. The highest BCUT2D eigenvalue weighted by atomic mass is 16.5. The number of aliphatic hydroxyl groups is 1. The van der Waals surface area contributed by atoms with Crippen molar-refractivity contribution in [1.29, 1.82) is 0 Å². The molecule has 2 fully saturated rings. The summed E-state index contributed by atoms with van der Waals surface area (Å²) in [5.41, 5.74) is 3.17. The summed E-state index contributed by atoms with van der Waals surface area (Å²) in [4.78, 5) is 28.8. The van der Waals surface area contributed by atoms with Crippen LogP contribution in [0, 0.1) is 0 Å². The Hall–Kier alpha value is -3.76. The number of carbonyl (C=O) groups is 1. The van der Waals surface area contributed by atoms with Crippen molar-refractivity contribution in [1.82, 2.24) is 15.0 Å². The van der Waals surface area contributed by atoms with E-state index in [4.69, 9.17) is 19.8 Å². The first-order chi connectivity index (χ1) is 17.9. The maximum atomic E-state index is 12.5. The van der Waals surface area contributed by atoms with E-state index < -0.39 is 0 Å². The first-order valence-corrected chi connectivity index (χ1v) is 12.8. The van der Waals surface area contributed by atoms with Gasteiger partial charge < -0.3 is 30.7 Å². The molecule has 0 saturated carbocycles. The zero-order valence-electron chi connectivity index (χ0n) is 21.1. The molecular weight excluding hydrogens is 470 g/mol. The summed E-state index contributed by atoms with van der Waals surface area (Å²) in [6.45, 7) is 5.76. The molecule has 3 heterocycles. The monoisotopic (exact) mass is 503 g/mol. The fourth-order valence-electron chi connectivity index (χ4n) is 4.62. The number of aromatic nitrogens is 3. The molecule has 2 amide bonds. The molecule has 2 aliphatic heterocycles. The summed E-state index contributed by atoms with van der Waals surface area (Å²) in [7, 11) is 0. The van der Waals surface area contributed by atoms with Crippen molar-refractivity contribution in [3.8, 4) is 11.4 Å². The number of morpholine rings is 1. The zero-order chi connectivity index (χ0) is 25.8. The van der Waals surface area contributed by atoms with E-state index in [1.165, 1.54) is 0 Å². The second kappa shape index (κ2) is 11.1. The molecule has 0 radical (unpaired) electrons. The molecule has 2 aromatic carbocycles. The Balaban J connectivity index is 1.29. The molecule has 2 unspecified atom stereocenters. The lowest BCUT2D eigenvalue weighted by Gasteiger charge is -2.32. The van der Waals surface area contributed by atoms with Crippen molar-refractivity contribution < 1.29 is 14.6 Å². The van der Waals surface area contributed by atoms with E-state index >= 15 is 0 Å². The highest BCUT2D eigenvalue weighted by Crippen LogP contribution is 2.29. The molecule has 5 rings (SSSR count). The van der Waals surface area contributed by atoms with E-state index in [0.29, 0.717) is 35.5 Å². The van der Waals surface area contributed by atoms with Crippen molar-refractivity contribution in [2.45, 2.75) is 51.4 Å². The number of nitrogens with one attached hydrogen (secondary N) is 3. The van der Waals surface area contributed by atoms with Gasteiger partial charge in [-0.15, -0.1) is 0 Å². The highest BCUT2D eigenvalue weighted by Gasteiger charge is 2.35. The van der Waals surface area contributed by atoms with Crippen LogP contribution in [0.25, 0.3) is 11.4 Å². The van der Waals surface area contributed by atoms with Gasteiger partial charge in [0.05, 0.1) is 12.2 Å². The molecule has 2 bridgehead atoms. The van der Waals surface area contributed by atoms with Crippen LogP contribution in [0.1, 0.15) is 32.3 Å². The number of carbonyl (C=O) groups excluding carboxylic acids is 1. The molecule has 37 heavy (non-hydrogen) atoms. The zero-order valence-corrected chi connectivity index (χ0v) is 21.1. The van der Waals surface area contributed by atoms with Gasteiger partial charge in [0.2, 0.25) is 11.9 Å². The minimum absolute atomic E-state index is 0.0960. The summed E-state index contributed by atoms with van der Waals surface area (Å²) in [5, 5.41) is 18.0. The van der Waals surface area contributed by atoms with Crippen LogP contribution < -0.4 is 20.9 Å². The second-order valence-electron chi connectivity index (χ2n) is 9.77. The number of rotatable bonds is 8. The van der Waals surface area contributed by atoms with Gasteiger partial charge in [0.15, 0.2) is 5.82 Å². The van der Waals surface area contributed by atoms with Crippen LogP contribution in [-0.2, 0) is 11.2 Å². The molecule has 10 heteroatoms. The Labute approximate surface area is 216 Å². The van der Waals surface area contributed by atoms with Crippen LogP contribution in [0.5, 0.6) is 0 Å². The number of aliphatic hydroxyl groups excluding tert-OH is 1. The number of urea groups is 1. The van der Waals surface area contributed by atoms with E-state index in [9.17, 15) is 4.79 Å². The summed E-state index contributed by atoms with van der Waals surface area (Å²) in [5.74, 6) is 1.77. The predicted octanol–water partition coefficient (Wildman–Crippen LogP) is 3.91. The van der Waals surface area contributed by atoms with E-state index in [1.54, 1.807) is 0 Å². The maximum Gasteiger partial charge on any atom is 0.323 e. The van der Waals surface area contributed by atoms with Gasteiger partial charge in [-0.05, 0) is 75.1 Å². The topological polar surface area (TPSA) is 125 Å². The van der Waals surface area contributed by atoms with Crippen LogP contribution in [0.15, 0.2) is 48.5 Å². The minimum atomic E-state index is -0.338. The lowest BCUT2D eigenvalue weighted by molar-refractivity contribution is 0.0299. The summed E-state index contributed by atoms with van der Waals surface area (Å²) < 4.78 is 5.98. The number of anilines is 4. The Bertz CT molecular complexity index is 1210. The average molecular weight is 504 g/mol. The van der Waals surface area contributed by atoms with Gasteiger partial charge in [-0.2, -0.15) is 15.0 Å². The maximum absolute atomic E-state index is 12.5. The quantitative estimate of drug-likeness (QED) is 0.365. The Kier molecular flexibility index (Phi) is 7.47. The van der Waals surface area contributed by atoms with Gasteiger partial charge in [-0.3, -0.25) is 0 Å². The fraction of sp³-hybridized carbons (Fsp3) is 0.407. The largest absolute Gasteiger partial charge is 0.396 e. The number of fused-ring (bicyclic) bond motifs is 2. The van der Waals surface area contributed by atoms with Crippen molar-refractivity contribution in [2.75, 3.05) is 40.5 Å². The third-order valence-electron chi connectivity index (χ3n) is 6.38. The van der Waals surface area contributed by atoms with Gasteiger partial charge >= 0.3 is 6.03 Å². The van der Waals surface area contributed by atoms with Gasteiger partial charge in [0.25, 0.3) is 0 Å². The van der Waals surface area contributed by atoms with Gasteiger partial charge in [-0.1, -0.05) is 12.1 Å². The van der Waals surface area contributed by atoms with E-state index in [2.05, 4.69) is 25.8 Å². The van der Waals surface area contributed by atoms with Crippen LogP contribution in [0.4, 0.5) is 28.1 Å². The Morgan fingerprint density at radius 2 is 1.59 bits per heavy atom. The summed E-state index contributed by atoms with van der Waals surface area (Å²) in [6, 6.07) is 14.7. The van der Waals surface area contributed by atoms with Gasteiger partial charge in [0, 0.05) is 42.7 Å². The average Bonchev–Trinajstić information content (AvgIpc) is 3.22. The van der Waals surface area contributed by atoms with Gasteiger partial charge in [0.1, 0.15) is 0 Å². The molecule has 4 N–H and O–H groups in total. The first kappa shape index (κ1) is 24.9. The van der Waals surface area contributed by atoms with E-state index in [0.717, 1.165) is 37.1 Å². The lowest BCUT2D eigenvalue weighted by Crippen LogP contribution is -2.43. The predicted molar refractivity (Wildman–Crippen MR) is 144 cm³/mol. The third-order valence-corrected chi connectivity index (χ3v) is 6.38. The van der Waals surface area contributed by atoms with Crippen molar-refractivity contribution >= 4 is 29.3 Å². The SMILES string of the molecule is CC(C)Nc1nc(-c2ccc(NC(=O)Nc3ccc(CCO)cc3)cc2)nc(N2CC3CCC(C2)O3)n1. The van der Waals surface area contributed by atoms with Crippen LogP contribution in [0.2, 0.25) is 0 Å². The lowest BCUT2D eigenvalue weighted by atomic mass is 10.1. The van der Waals surface area contributed by atoms with Crippen LogP contribution >= 0.6 is 0 Å². The molecule has 194 valence electrons. The number of nitrogens with zero attached hydrogens (tertiary/aromatic N) is 4. The molecule has 2 atom stereocenters.